The molecule has 0 aliphatic rings. The summed E-state index contributed by atoms with van der Waals surface area (Å²) in [7, 11) is 0. The lowest BCUT2D eigenvalue weighted by molar-refractivity contribution is 0.281. The minimum Gasteiger partial charge on any atom is -0.389 e. The summed E-state index contributed by atoms with van der Waals surface area (Å²) in [5.41, 5.74) is 0.884. The maximum absolute atomic E-state index is 8.85. The highest BCUT2D eigenvalue weighted by Crippen LogP contribution is 2.26. The summed E-state index contributed by atoms with van der Waals surface area (Å²) in [5.74, 6) is 0. The first kappa shape index (κ1) is 8.04. The molecule has 2 aromatic rings. The molecular formula is C8H7NOS2. The van der Waals surface area contributed by atoms with E-state index in [-0.39, 0.29) is 6.61 Å². The first-order valence-corrected chi connectivity index (χ1v) is 4.76. The van der Waals surface area contributed by atoms with E-state index < -0.39 is 0 Å². The van der Waals surface area contributed by atoms with Gasteiger partial charge in [-0.05, 0) is 12.1 Å². The third-order valence-corrected chi connectivity index (χ3v) is 2.94. The van der Waals surface area contributed by atoms with Crippen LogP contribution in [0.5, 0.6) is 0 Å². The molecule has 1 aromatic heterocycles. The lowest BCUT2D eigenvalue weighted by atomic mass is 10.3. The molecular weight excluding hydrogens is 190 g/mol. The zero-order chi connectivity index (χ0) is 8.55. The van der Waals surface area contributed by atoms with Crippen molar-refractivity contribution in [2.24, 2.45) is 0 Å². The van der Waals surface area contributed by atoms with Crippen LogP contribution in [-0.4, -0.2) is 10.1 Å². The molecule has 62 valence electrons. The third kappa shape index (κ3) is 1.22. The van der Waals surface area contributed by atoms with E-state index in [0.29, 0.717) is 0 Å². The van der Waals surface area contributed by atoms with Gasteiger partial charge in [0.2, 0.25) is 0 Å². The van der Waals surface area contributed by atoms with Crippen molar-refractivity contribution in [1.82, 2.24) is 4.98 Å². The number of nitrogens with zero attached hydrogens (tertiary/aromatic N) is 1. The summed E-state index contributed by atoms with van der Waals surface area (Å²) in [6.07, 6.45) is 0. The molecule has 0 amide bonds. The Morgan fingerprint density at radius 3 is 3.00 bits per heavy atom. The molecule has 0 radical (unpaired) electrons. The van der Waals surface area contributed by atoms with Gasteiger partial charge in [-0.15, -0.1) is 24.0 Å². The number of thiol groups is 1. The molecule has 0 bridgehead atoms. The number of thiazole rings is 1. The van der Waals surface area contributed by atoms with Crippen molar-refractivity contribution in [3.8, 4) is 0 Å². The highest BCUT2D eigenvalue weighted by Gasteiger charge is 2.03. The topological polar surface area (TPSA) is 33.1 Å². The van der Waals surface area contributed by atoms with Crippen LogP contribution >= 0.6 is 24.0 Å². The average Bonchev–Trinajstić information content (AvgIpc) is 2.49. The van der Waals surface area contributed by atoms with Crippen LogP contribution in [0.15, 0.2) is 23.1 Å². The molecule has 12 heavy (non-hydrogen) atoms. The fourth-order valence-corrected chi connectivity index (χ4v) is 2.23. The lowest BCUT2D eigenvalue weighted by Gasteiger charge is -1.89. The van der Waals surface area contributed by atoms with Gasteiger partial charge in [0.25, 0.3) is 0 Å². The molecule has 1 N–H and O–H groups in total. The maximum atomic E-state index is 8.85. The van der Waals surface area contributed by atoms with Gasteiger partial charge in [0.05, 0.1) is 16.8 Å². The Labute approximate surface area is 79.3 Å². The third-order valence-electron chi connectivity index (χ3n) is 1.58. The van der Waals surface area contributed by atoms with Gasteiger partial charge in [0.15, 0.2) is 0 Å². The second-order valence-electron chi connectivity index (χ2n) is 2.39. The fraction of sp³-hybridized carbons (Fsp3) is 0.125. The van der Waals surface area contributed by atoms with Crippen molar-refractivity contribution in [1.29, 1.82) is 0 Å². The Balaban J connectivity index is 2.74. The van der Waals surface area contributed by atoms with Crippen LogP contribution in [0.4, 0.5) is 0 Å². The van der Waals surface area contributed by atoms with Gasteiger partial charge < -0.3 is 5.11 Å². The SMILES string of the molecule is OCc1nc2c(S)cccc2s1. The summed E-state index contributed by atoms with van der Waals surface area (Å²) in [4.78, 5) is 5.09. The molecule has 2 rings (SSSR count). The van der Waals surface area contributed by atoms with E-state index in [1.54, 1.807) is 0 Å². The quantitative estimate of drug-likeness (QED) is 0.686. The van der Waals surface area contributed by atoms with E-state index in [2.05, 4.69) is 17.6 Å². The van der Waals surface area contributed by atoms with Crippen LogP contribution in [-0.2, 0) is 6.61 Å². The van der Waals surface area contributed by atoms with Gasteiger partial charge in [0, 0.05) is 4.90 Å². The van der Waals surface area contributed by atoms with Gasteiger partial charge in [-0.25, -0.2) is 4.98 Å². The number of hydrogen-bond acceptors (Lipinski definition) is 4. The standard InChI is InChI=1S/C8H7NOS2/c10-4-7-9-8-5(11)2-1-3-6(8)12-7/h1-3,10-11H,4H2. The zero-order valence-electron chi connectivity index (χ0n) is 6.19. The van der Waals surface area contributed by atoms with Crippen LogP contribution in [0.1, 0.15) is 5.01 Å². The number of aromatic nitrogens is 1. The van der Waals surface area contributed by atoms with Gasteiger partial charge >= 0.3 is 0 Å². The number of benzene rings is 1. The van der Waals surface area contributed by atoms with Crippen LogP contribution in [0.25, 0.3) is 10.2 Å². The van der Waals surface area contributed by atoms with Gasteiger partial charge in [0.1, 0.15) is 5.01 Å². The minimum atomic E-state index is 0.00651. The Morgan fingerprint density at radius 2 is 2.33 bits per heavy atom. The van der Waals surface area contributed by atoms with Crippen LogP contribution < -0.4 is 0 Å². The van der Waals surface area contributed by atoms with Crippen molar-refractivity contribution in [2.45, 2.75) is 11.5 Å². The Kier molecular flexibility index (Phi) is 2.04. The number of fused-ring (bicyclic) bond motifs is 1. The second kappa shape index (κ2) is 3.05. The van der Waals surface area contributed by atoms with Crippen molar-refractivity contribution >= 4 is 34.2 Å². The van der Waals surface area contributed by atoms with Crippen LogP contribution in [0.2, 0.25) is 0 Å². The van der Waals surface area contributed by atoms with E-state index in [1.807, 2.05) is 18.2 Å². The Bertz CT molecular complexity index is 410. The molecule has 0 aliphatic carbocycles. The second-order valence-corrected chi connectivity index (χ2v) is 3.99. The molecule has 0 spiro atoms. The molecule has 4 heteroatoms. The maximum Gasteiger partial charge on any atom is 0.119 e. The predicted molar refractivity (Wildman–Crippen MR) is 52.8 cm³/mol. The molecule has 2 nitrogen and oxygen atoms in total. The summed E-state index contributed by atoms with van der Waals surface area (Å²) < 4.78 is 1.08. The number of aliphatic hydroxyl groups is 1. The van der Waals surface area contributed by atoms with E-state index in [1.165, 1.54) is 11.3 Å². The van der Waals surface area contributed by atoms with Crippen molar-refractivity contribution in [3.05, 3.63) is 23.2 Å². The molecule has 0 fully saturated rings. The molecule has 0 atom stereocenters. The number of rotatable bonds is 1. The summed E-state index contributed by atoms with van der Waals surface area (Å²) in [6, 6.07) is 5.81. The van der Waals surface area contributed by atoms with E-state index in [0.717, 1.165) is 20.1 Å². The first-order chi connectivity index (χ1) is 5.81. The van der Waals surface area contributed by atoms with Crippen molar-refractivity contribution in [3.63, 3.8) is 0 Å². The molecule has 0 aliphatic heterocycles. The van der Waals surface area contributed by atoms with Crippen molar-refractivity contribution < 1.29 is 5.11 Å². The minimum absolute atomic E-state index is 0.00651. The normalized spacial score (nSPS) is 10.8. The number of aliphatic hydroxyl groups excluding tert-OH is 1. The molecule has 0 unspecified atom stereocenters. The Morgan fingerprint density at radius 1 is 1.50 bits per heavy atom. The monoisotopic (exact) mass is 197 g/mol. The summed E-state index contributed by atoms with van der Waals surface area (Å²) >= 11 is 5.77. The average molecular weight is 197 g/mol. The summed E-state index contributed by atoms with van der Waals surface area (Å²) in [6.45, 7) is 0.00651. The van der Waals surface area contributed by atoms with Crippen molar-refractivity contribution in [2.75, 3.05) is 0 Å². The van der Waals surface area contributed by atoms with E-state index in [9.17, 15) is 0 Å². The van der Waals surface area contributed by atoms with Crippen LogP contribution in [0.3, 0.4) is 0 Å². The largest absolute Gasteiger partial charge is 0.389 e. The highest BCUT2D eigenvalue weighted by atomic mass is 32.1. The fourth-order valence-electron chi connectivity index (χ4n) is 1.05. The predicted octanol–water partition coefficient (Wildman–Crippen LogP) is 2.08. The smallest absolute Gasteiger partial charge is 0.119 e. The van der Waals surface area contributed by atoms with Gasteiger partial charge in [-0.1, -0.05) is 6.07 Å². The van der Waals surface area contributed by atoms with Gasteiger partial charge in [-0.3, -0.25) is 0 Å². The first-order valence-electron chi connectivity index (χ1n) is 3.49. The lowest BCUT2D eigenvalue weighted by Crippen LogP contribution is -1.78. The van der Waals surface area contributed by atoms with E-state index in [4.69, 9.17) is 5.11 Å². The number of para-hydroxylation sites is 1. The van der Waals surface area contributed by atoms with E-state index >= 15 is 0 Å². The number of hydrogen-bond donors (Lipinski definition) is 2. The molecule has 1 heterocycles. The van der Waals surface area contributed by atoms with Crippen LogP contribution in [0, 0.1) is 0 Å². The molecule has 1 aromatic carbocycles. The Hall–Kier alpha value is -0.580. The highest BCUT2D eigenvalue weighted by molar-refractivity contribution is 7.80. The zero-order valence-corrected chi connectivity index (χ0v) is 7.90. The molecule has 0 saturated carbocycles. The van der Waals surface area contributed by atoms with Gasteiger partial charge in [-0.2, -0.15) is 0 Å². The molecule has 0 saturated heterocycles. The summed E-state index contributed by atoms with van der Waals surface area (Å²) in [5, 5.41) is 9.59.